The van der Waals surface area contributed by atoms with Crippen LogP contribution in [0.1, 0.15) is 29.1 Å². The number of carbonyl (C=O) groups excluding carboxylic acids is 3. The highest BCUT2D eigenvalue weighted by Gasteiger charge is 2.44. The molecule has 2 heterocycles. The Balaban J connectivity index is 1.78. The highest BCUT2D eigenvalue weighted by Crippen LogP contribution is 2.41. The predicted octanol–water partition coefficient (Wildman–Crippen LogP) is 4.24. The minimum atomic E-state index is -0.921. The Morgan fingerprint density at radius 1 is 1.14 bits per heavy atom. The molecule has 0 saturated heterocycles. The van der Waals surface area contributed by atoms with Gasteiger partial charge in [0.05, 0.1) is 25.3 Å². The highest BCUT2D eigenvalue weighted by molar-refractivity contribution is 6.31. The van der Waals surface area contributed by atoms with Gasteiger partial charge in [-0.1, -0.05) is 23.7 Å². The van der Waals surface area contributed by atoms with Crippen molar-refractivity contribution in [1.29, 1.82) is 0 Å². The van der Waals surface area contributed by atoms with Gasteiger partial charge in [0.25, 0.3) is 5.91 Å². The quantitative estimate of drug-likeness (QED) is 0.278. The normalized spacial score (nSPS) is 15.7. The first-order valence-electron chi connectivity index (χ1n) is 10.6. The molecule has 0 bridgehead atoms. The Morgan fingerprint density at radius 3 is 2.49 bits per heavy atom. The number of methoxy groups -OCH3 is 2. The molecule has 182 valence electrons. The molecular formula is C25H22ClNO8. The van der Waals surface area contributed by atoms with Crippen LogP contribution in [-0.4, -0.2) is 55.0 Å². The number of hydrogen-bond acceptors (Lipinski definition) is 8. The Hall–Kier alpha value is -3.82. The van der Waals surface area contributed by atoms with Crippen molar-refractivity contribution in [3.8, 4) is 11.5 Å². The summed E-state index contributed by atoms with van der Waals surface area (Å²) in [5.74, 6) is -1.99. The molecular weight excluding hydrogens is 478 g/mol. The molecule has 0 aliphatic carbocycles. The summed E-state index contributed by atoms with van der Waals surface area (Å²) in [7, 11) is 2.93. The molecule has 1 amide bonds. The van der Waals surface area contributed by atoms with Gasteiger partial charge in [-0.3, -0.25) is 14.4 Å². The van der Waals surface area contributed by atoms with Crippen LogP contribution in [0.25, 0.3) is 11.0 Å². The van der Waals surface area contributed by atoms with E-state index in [0.29, 0.717) is 33.1 Å². The van der Waals surface area contributed by atoms with Crippen molar-refractivity contribution >= 4 is 40.2 Å². The lowest BCUT2D eigenvalue weighted by Crippen LogP contribution is -2.34. The van der Waals surface area contributed by atoms with Crippen LogP contribution in [0.5, 0.6) is 11.5 Å². The fourth-order valence-corrected chi connectivity index (χ4v) is 4.24. The number of ether oxygens (including phenoxy) is 3. The number of amides is 1. The van der Waals surface area contributed by atoms with E-state index in [4.69, 9.17) is 30.2 Å². The van der Waals surface area contributed by atoms with Crippen molar-refractivity contribution in [3.05, 3.63) is 70.1 Å². The Labute approximate surface area is 205 Å². The van der Waals surface area contributed by atoms with E-state index in [0.717, 1.165) is 0 Å². The second kappa shape index (κ2) is 9.81. The summed E-state index contributed by atoms with van der Waals surface area (Å²) in [5.41, 5.74) is 0.688. The number of Topliss-reactive ketones (excluding diaryl/α,β-unsaturated/α-hetero) is 1. The van der Waals surface area contributed by atoms with Gasteiger partial charge in [0.15, 0.2) is 22.9 Å². The second-order valence-electron chi connectivity index (χ2n) is 7.79. The van der Waals surface area contributed by atoms with Gasteiger partial charge in [-0.05, 0) is 29.8 Å². The third-order valence-corrected chi connectivity index (χ3v) is 5.75. The topological polar surface area (TPSA) is 116 Å². The van der Waals surface area contributed by atoms with Gasteiger partial charge in [-0.15, -0.1) is 0 Å². The van der Waals surface area contributed by atoms with Crippen LogP contribution in [0.3, 0.4) is 0 Å². The molecule has 0 fully saturated rings. The maximum Gasteiger partial charge on any atom is 0.308 e. The van der Waals surface area contributed by atoms with Gasteiger partial charge >= 0.3 is 5.97 Å². The van der Waals surface area contributed by atoms with E-state index in [9.17, 15) is 19.5 Å². The molecule has 1 N–H and O–H groups in total. The fourth-order valence-electron chi connectivity index (χ4n) is 4.02. The number of rotatable bonds is 8. The van der Waals surface area contributed by atoms with Crippen molar-refractivity contribution in [2.24, 2.45) is 0 Å². The van der Waals surface area contributed by atoms with Crippen molar-refractivity contribution in [1.82, 2.24) is 4.90 Å². The first kappa shape index (κ1) is 24.3. The first-order valence-corrected chi connectivity index (χ1v) is 11.0. The average molecular weight is 500 g/mol. The van der Waals surface area contributed by atoms with Crippen LogP contribution in [0.2, 0.25) is 5.02 Å². The number of fused-ring (bicyclic) bond motifs is 1. The molecule has 1 aliphatic rings. The molecule has 10 heteroatoms. The summed E-state index contributed by atoms with van der Waals surface area (Å²) < 4.78 is 21.2. The summed E-state index contributed by atoms with van der Waals surface area (Å²) in [5, 5.41) is 11.7. The zero-order valence-electron chi connectivity index (χ0n) is 19.2. The summed E-state index contributed by atoms with van der Waals surface area (Å²) in [6.07, 6.45) is 0. The van der Waals surface area contributed by atoms with Gasteiger partial charge in [0.2, 0.25) is 5.78 Å². The van der Waals surface area contributed by atoms with Crippen molar-refractivity contribution < 1.29 is 38.1 Å². The monoisotopic (exact) mass is 499 g/mol. The van der Waals surface area contributed by atoms with E-state index in [1.54, 1.807) is 36.4 Å². The summed E-state index contributed by atoms with van der Waals surface area (Å²) in [6, 6.07) is 10.0. The van der Waals surface area contributed by atoms with Crippen LogP contribution in [-0.2, 0) is 14.3 Å². The largest absolute Gasteiger partial charge is 0.503 e. The Bertz CT molecular complexity index is 1340. The van der Waals surface area contributed by atoms with Crippen LogP contribution < -0.4 is 9.47 Å². The molecule has 9 nitrogen and oxygen atoms in total. The number of esters is 1. The Morgan fingerprint density at radius 2 is 1.86 bits per heavy atom. The molecule has 0 radical (unpaired) electrons. The van der Waals surface area contributed by atoms with Crippen molar-refractivity contribution in [2.75, 3.05) is 27.4 Å². The SMILES string of the molecule is COCCN1C(=O)C(O)=C(C(=O)c2cc3cc(Cl)cc(OC)c3o2)C1c1ccc(OC(C)=O)cc1. The van der Waals surface area contributed by atoms with Gasteiger partial charge in [0, 0.05) is 37.1 Å². The van der Waals surface area contributed by atoms with E-state index in [1.807, 2.05) is 0 Å². The van der Waals surface area contributed by atoms with E-state index in [2.05, 4.69) is 0 Å². The van der Waals surface area contributed by atoms with E-state index in [-0.39, 0.29) is 24.5 Å². The van der Waals surface area contributed by atoms with Gasteiger partial charge in [-0.25, -0.2) is 0 Å². The summed E-state index contributed by atoms with van der Waals surface area (Å²) in [4.78, 5) is 39.1. The number of furan rings is 1. The maximum atomic E-state index is 13.6. The molecule has 2 aromatic carbocycles. The average Bonchev–Trinajstić information content (AvgIpc) is 3.36. The first-order chi connectivity index (χ1) is 16.7. The number of halogens is 1. The summed E-state index contributed by atoms with van der Waals surface area (Å²) >= 11 is 6.13. The lowest BCUT2D eigenvalue weighted by Gasteiger charge is -2.26. The van der Waals surface area contributed by atoms with Crippen LogP contribution in [0.15, 0.2) is 58.2 Å². The Kier molecular flexibility index (Phi) is 6.81. The van der Waals surface area contributed by atoms with Gasteiger partial charge in [-0.2, -0.15) is 0 Å². The summed E-state index contributed by atoms with van der Waals surface area (Å²) in [6.45, 7) is 1.59. The molecule has 1 unspecified atom stereocenters. The van der Waals surface area contributed by atoms with Crippen molar-refractivity contribution in [3.63, 3.8) is 0 Å². The highest BCUT2D eigenvalue weighted by atomic mass is 35.5. The second-order valence-corrected chi connectivity index (χ2v) is 8.22. The molecule has 0 saturated carbocycles. The predicted molar refractivity (Wildman–Crippen MR) is 126 cm³/mol. The molecule has 3 aromatic rings. The molecule has 1 atom stereocenters. The zero-order valence-corrected chi connectivity index (χ0v) is 19.9. The van der Waals surface area contributed by atoms with Crippen molar-refractivity contribution in [2.45, 2.75) is 13.0 Å². The molecule has 4 rings (SSSR count). The van der Waals surface area contributed by atoms with E-state index >= 15 is 0 Å². The standard InChI is InChI=1S/C25H22ClNO8/c1-13(28)34-17-6-4-14(5-7-17)21-20(23(30)25(31)27(21)8-9-32-2)22(29)18-11-15-10-16(26)12-19(33-3)24(15)35-18/h4-7,10-12,21,30H,8-9H2,1-3H3. The van der Waals surface area contributed by atoms with E-state index in [1.165, 1.54) is 32.1 Å². The third kappa shape index (κ3) is 4.60. The van der Waals surface area contributed by atoms with E-state index < -0.39 is 29.5 Å². The number of ketones is 1. The number of carbonyl (C=O) groups is 3. The molecule has 0 spiro atoms. The number of aliphatic hydroxyl groups excluding tert-OH is 1. The molecule has 1 aliphatic heterocycles. The van der Waals surface area contributed by atoms with Crippen LogP contribution in [0, 0.1) is 0 Å². The minimum Gasteiger partial charge on any atom is -0.503 e. The number of hydrogen-bond donors (Lipinski definition) is 1. The smallest absolute Gasteiger partial charge is 0.308 e. The third-order valence-electron chi connectivity index (χ3n) is 5.53. The number of benzene rings is 2. The maximum absolute atomic E-state index is 13.6. The lowest BCUT2D eigenvalue weighted by molar-refractivity contribution is -0.132. The van der Waals surface area contributed by atoms with Crippen LogP contribution >= 0.6 is 11.6 Å². The number of nitrogens with zero attached hydrogens (tertiary/aromatic N) is 1. The lowest BCUT2D eigenvalue weighted by atomic mass is 9.95. The van der Waals surface area contributed by atoms with Gasteiger partial charge < -0.3 is 28.6 Å². The molecule has 1 aromatic heterocycles. The van der Waals surface area contributed by atoms with Crippen LogP contribution in [0.4, 0.5) is 0 Å². The fraction of sp³-hybridized carbons (Fsp3) is 0.240. The molecule has 35 heavy (non-hydrogen) atoms. The van der Waals surface area contributed by atoms with Gasteiger partial charge in [0.1, 0.15) is 5.75 Å². The number of aliphatic hydroxyl groups is 1. The zero-order chi connectivity index (χ0) is 25.3. The minimum absolute atomic E-state index is 0.0926.